The average Bonchev–Trinajstić information content (AvgIpc) is 2.93. The molecule has 2 aromatic rings. The molecule has 1 heterocycles. The number of carbonyl (C=O) groups is 1. The van der Waals surface area contributed by atoms with Crippen molar-refractivity contribution in [2.75, 3.05) is 18.9 Å². The molecule has 0 atom stereocenters. The predicted molar refractivity (Wildman–Crippen MR) is 89.8 cm³/mol. The van der Waals surface area contributed by atoms with E-state index in [2.05, 4.69) is 15.6 Å². The Labute approximate surface area is 141 Å². The van der Waals surface area contributed by atoms with Crippen molar-refractivity contribution in [1.82, 2.24) is 14.9 Å². The van der Waals surface area contributed by atoms with Crippen LogP contribution in [0, 0.1) is 5.82 Å². The van der Waals surface area contributed by atoms with Crippen LogP contribution in [0.3, 0.4) is 0 Å². The zero-order valence-electron chi connectivity index (χ0n) is 12.1. The van der Waals surface area contributed by atoms with Gasteiger partial charge in [-0.05, 0) is 38.2 Å². The minimum Gasteiger partial charge on any atom is -0.326 e. The number of aromatic nitrogens is 2. The second-order valence-corrected chi connectivity index (χ2v) is 4.39. The highest BCUT2D eigenvalue weighted by Crippen LogP contribution is 2.18. The molecule has 2 N–H and O–H groups in total. The number of amides is 1. The van der Waals surface area contributed by atoms with Crippen LogP contribution < -0.4 is 10.6 Å². The van der Waals surface area contributed by atoms with E-state index in [1.807, 2.05) is 7.05 Å². The van der Waals surface area contributed by atoms with Crippen molar-refractivity contribution < 1.29 is 9.18 Å². The lowest BCUT2D eigenvalue weighted by Gasteiger charge is -2.08. The fourth-order valence-corrected chi connectivity index (χ4v) is 1.84. The van der Waals surface area contributed by atoms with Crippen LogP contribution in [-0.4, -0.2) is 29.1 Å². The monoisotopic (exact) mass is 348 g/mol. The summed E-state index contributed by atoms with van der Waals surface area (Å²) >= 11 is 0. The molecule has 0 unspecified atom stereocenters. The number of rotatable bonds is 6. The number of benzene rings is 1. The highest BCUT2D eigenvalue weighted by Gasteiger charge is 2.07. The SMILES string of the molecule is CNCCCC(=O)Nc1ccc(-n2ccnc2)c(F)c1.Cl.Cl. The third-order valence-corrected chi connectivity index (χ3v) is 2.84. The summed E-state index contributed by atoms with van der Waals surface area (Å²) in [6.07, 6.45) is 5.92. The van der Waals surface area contributed by atoms with Gasteiger partial charge < -0.3 is 15.2 Å². The first-order valence-corrected chi connectivity index (χ1v) is 6.43. The molecule has 1 amide bonds. The summed E-state index contributed by atoms with van der Waals surface area (Å²) < 4.78 is 15.5. The highest BCUT2D eigenvalue weighted by atomic mass is 35.5. The molecule has 0 aliphatic rings. The largest absolute Gasteiger partial charge is 0.326 e. The van der Waals surface area contributed by atoms with E-state index < -0.39 is 5.82 Å². The van der Waals surface area contributed by atoms with Gasteiger partial charge in [-0.15, -0.1) is 24.8 Å². The van der Waals surface area contributed by atoms with Gasteiger partial charge in [0.25, 0.3) is 0 Å². The van der Waals surface area contributed by atoms with Crippen LogP contribution in [0.5, 0.6) is 0 Å². The second-order valence-electron chi connectivity index (χ2n) is 4.39. The van der Waals surface area contributed by atoms with Crippen molar-refractivity contribution in [1.29, 1.82) is 0 Å². The molecule has 2 rings (SSSR count). The van der Waals surface area contributed by atoms with Crippen LogP contribution in [0.2, 0.25) is 0 Å². The molecular weight excluding hydrogens is 330 g/mol. The summed E-state index contributed by atoms with van der Waals surface area (Å²) in [6, 6.07) is 4.60. The van der Waals surface area contributed by atoms with Crippen LogP contribution >= 0.6 is 24.8 Å². The Morgan fingerprint density at radius 1 is 1.36 bits per heavy atom. The number of anilines is 1. The Hall–Kier alpha value is -1.63. The molecular formula is C14H19Cl2FN4O. The van der Waals surface area contributed by atoms with E-state index in [1.54, 1.807) is 29.1 Å². The van der Waals surface area contributed by atoms with Gasteiger partial charge >= 0.3 is 0 Å². The second kappa shape index (κ2) is 10.2. The number of imidazole rings is 1. The quantitative estimate of drug-likeness (QED) is 0.789. The summed E-state index contributed by atoms with van der Waals surface area (Å²) in [6.45, 7) is 0.779. The first-order chi connectivity index (χ1) is 9.70. The van der Waals surface area contributed by atoms with Crippen molar-refractivity contribution in [3.8, 4) is 5.69 Å². The number of hydrogen-bond donors (Lipinski definition) is 2. The molecule has 0 spiro atoms. The van der Waals surface area contributed by atoms with Crippen molar-refractivity contribution in [2.45, 2.75) is 12.8 Å². The molecule has 5 nitrogen and oxygen atoms in total. The van der Waals surface area contributed by atoms with Crippen LogP contribution in [0.1, 0.15) is 12.8 Å². The minimum absolute atomic E-state index is 0. The maximum absolute atomic E-state index is 14.0. The predicted octanol–water partition coefficient (Wildman–Crippen LogP) is 2.79. The van der Waals surface area contributed by atoms with Gasteiger partial charge in [0, 0.05) is 24.5 Å². The van der Waals surface area contributed by atoms with Gasteiger partial charge in [-0.3, -0.25) is 4.79 Å². The molecule has 0 fully saturated rings. The first-order valence-electron chi connectivity index (χ1n) is 6.43. The van der Waals surface area contributed by atoms with Crippen molar-refractivity contribution >= 4 is 36.4 Å². The molecule has 0 saturated heterocycles. The number of hydrogen-bond acceptors (Lipinski definition) is 3. The van der Waals surface area contributed by atoms with Gasteiger partial charge in [0.15, 0.2) is 0 Å². The van der Waals surface area contributed by atoms with E-state index in [0.717, 1.165) is 13.0 Å². The average molecular weight is 349 g/mol. The van der Waals surface area contributed by atoms with Crippen LogP contribution in [0.4, 0.5) is 10.1 Å². The summed E-state index contributed by atoms with van der Waals surface area (Å²) in [5.41, 5.74) is 0.858. The third-order valence-electron chi connectivity index (χ3n) is 2.84. The fraction of sp³-hybridized carbons (Fsp3) is 0.286. The Morgan fingerprint density at radius 3 is 2.73 bits per heavy atom. The molecule has 0 aliphatic heterocycles. The Kier molecular flexibility index (Phi) is 9.40. The van der Waals surface area contributed by atoms with Gasteiger partial charge in [-0.2, -0.15) is 0 Å². The molecule has 22 heavy (non-hydrogen) atoms. The Morgan fingerprint density at radius 2 is 2.14 bits per heavy atom. The van der Waals surface area contributed by atoms with Gasteiger partial charge in [0.1, 0.15) is 5.82 Å². The number of nitrogens with zero attached hydrogens (tertiary/aromatic N) is 2. The maximum atomic E-state index is 14.0. The fourth-order valence-electron chi connectivity index (χ4n) is 1.84. The summed E-state index contributed by atoms with van der Waals surface area (Å²) in [5.74, 6) is -0.522. The number of nitrogens with one attached hydrogen (secondary N) is 2. The van der Waals surface area contributed by atoms with E-state index in [9.17, 15) is 9.18 Å². The normalized spacial score (nSPS) is 9.55. The molecule has 122 valence electrons. The van der Waals surface area contributed by atoms with Crippen LogP contribution in [0.15, 0.2) is 36.9 Å². The standard InChI is InChI=1S/C14H17FN4O.2ClH/c1-16-6-2-3-14(20)18-11-4-5-13(12(15)9-11)19-8-7-17-10-19;;/h4-5,7-10,16H,2-3,6H2,1H3,(H,18,20);2*1H. The van der Waals surface area contributed by atoms with E-state index in [0.29, 0.717) is 17.8 Å². The summed E-state index contributed by atoms with van der Waals surface area (Å²) in [4.78, 5) is 15.5. The summed E-state index contributed by atoms with van der Waals surface area (Å²) in [5, 5.41) is 5.65. The Bertz CT molecular complexity index is 578. The molecule has 1 aromatic heterocycles. The molecule has 1 aromatic carbocycles. The number of carbonyl (C=O) groups excluding carboxylic acids is 1. The lowest BCUT2D eigenvalue weighted by molar-refractivity contribution is -0.116. The third kappa shape index (κ3) is 5.63. The lowest BCUT2D eigenvalue weighted by atomic mass is 10.2. The van der Waals surface area contributed by atoms with E-state index in [4.69, 9.17) is 0 Å². The van der Waals surface area contributed by atoms with Crippen LogP contribution in [-0.2, 0) is 4.79 Å². The zero-order chi connectivity index (χ0) is 14.4. The minimum atomic E-state index is -0.406. The molecule has 0 radical (unpaired) electrons. The maximum Gasteiger partial charge on any atom is 0.224 e. The summed E-state index contributed by atoms with van der Waals surface area (Å²) in [7, 11) is 1.84. The Balaban J connectivity index is 0.00000220. The molecule has 8 heteroatoms. The first kappa shape index (κ1) is 20.4. The van der Waals surface area contributed by atoms with Gasteiger partial charge in [0.2, 0.25) is 5.91 Å². The van der Waals surface area contributed by atoms with Crippen molar-refractivity contribution in [3.63, 3.8) is 0 Å². The molecule has 0 saturated carbocycles. The molecule has 0 aliphatic carbocycles. The van der Waals surface area contributed by atoms with E-state index >= 15 is 0 Å². The van der Waals surface area contributed by atoms with Crippen molar-refractivity contribution in [3.05, 3.63) is 42.7 Å². The van der Waals surface area contributed by atoms with Gasteiger partial charge in [0.05, 0.1) is 12.0 Å². The molecule has 0 bridgehead atoms. The van der Waals surface area contributed by atoms with E-state index in [1.165, 1.54) is 12.4 Å². The smallest absolute Gasteiger partial charge is 0.224 e. The zero-order valence-corrected chi connectivity index (χ0v) is 13.7. The van der Waals surface area contributed by atoms with Gasteiger partial charge in [-0.1, -0.05) is 0 Å². The van der Waals surface area contributed by atoms with Crippen molar-refractivity contribution in [2.24, 2.45) is 0 Å². The van der Waals surface area contributed by atoms with Crippen LogP contribution in [0.25, 0.3) is 5.69 Å². The lowest BCUT2D eigenvalue weighted by Crippen LogP contribution is -2.15. The van der Waals surface area contributed by atoms with E-state index in [-0.39, 0.29) is 30.7 Å². The highest BCUT2D eigenvalue weighted by molar-refractivity contribution is 5.90. The topological polar surface area (TPSA) is 59.0 Å². The van der Waals surface area contributed by atoms with Gasteiger partial charge in [-0.25, -0.2) is 9.37 Å². The number of halogens is 3.